The molecular weight excluding hydrogens is 250 g/mol. The van der Waals surface area contributed by atoms with E-state index in [4.69, 9.17) is 5.73 Å². The van der Waals surface area contributed by atoms with Gasteiger partial charge in [0.1, 0.15) is 11.6 Å². The lowest BCUT2D eigenvalue weighted by atomic mass is 10.0. The molecule has 3 N–H and O–H groups in total. The summed E-state index contributed by atoms with van der Waals surface area (Å²) in [5.74, 6) is -1.72. The van der Waals surface area contributed by atoms with Crippen LogP contribution >= 0.6 is 0 Å². The molecule has 0 bridgehead atoms. The lowest BCUT2D eigenvalue weighted by Crippen LogP contribution is -2.40. The maximum Gasteiger partial charge on any atom is 0.254 e. The van der Waals surface area contributed by atoms with Gasteiger partial charge in [-0.3, -0.25) is 4.79 Å². The third kappa shape index (κ3) is 2.92. The molecule has 0 heterocycles. The predicted octanol–water partition coefficient (Wildman–Crippen LogP) is 2.13. The summed E-state index contributed by atoms with van der Waals surface area (Å²) in [4.78, 5) is 12.0. The molecule has 1 aromatic rings. The fourth-order valence-corrected chi connectivity index (χ4v) is 2.59. The molecule has 19 heavy (non-hydrogen) atoms. The first-order valence-electron chi connectivity index (χ1n) is 6.49. The first kappa shape index (κ1) is 13.9. The van der Waals surface area contributed by atoms with Crippen LogP contribution in [0.4, 0.5) is 8.78 Å². The second-order valence-corrected chi connectivity index (χ2v) is 5.09. The van der Waals surface area contributed by atoms with Crippen LogP contribution in [0.15, 0.2) is 12.1 Å². The summed E-state index contributed by atoms with van der Waals surface area (Å²) in [6.07, 6.45) is 2.85. The van der Waals surface area contributed by atoms with Crippen LogP contribution in [-0.4, -0.2) is 18.5 Å². The van der Waals surface area contributed by atoms with E-state index in [0.717, 1.165) is 25.3 Å². The molecule has 2 unspecified atom stereocenters. The number of nitrogens with two attached hydrogens (primary N) is 1. The third-order valence-corrected chi connectivity index (χ3v) is 3.77. The number of aryl methyl sites for hydroxylation is 1. The summed E-state index contributed by atoms with van der Waals surface area (Å²) in [6.45, 7) is 2.01. The SMILES string of the molecule is Cc1cc(C(=O)NC2CCCC2CN)c(F)cc1F. The van der Waals surface area contributed by atoms with Crippen LogP contribution in [0.5, 0.6) is 0 Å². The molecule has 1 amide bonds. The zero-order valence-electron chi connectivity index (χ0n) is 10.9. The van der Waals surface area contributed by atoms with E-state index in [0.29, 0.717) is 6.54 Å². The quantitative estimate of drug-likeness (QED) is 0.882. The van der Waals surface area contributed by atoms with Crippen LogP contribution in [0.3, 0.4) is 0 Å². The Morgan fingerprint density at radius 1 is 1.37 bits per heavy atom. The molecule has 0 spiro atoms. The van der Waals surface area contributed by atoms with Crippen molar-refractivity contribution >= 4 is 5.91 Å². The van der Waals surface area contributed by atoms with Crippen molar-refractivity contribution in [3.63, 3.8) is 0 Å². The largest absolute Gasteiger partial charge is 0.349 e. The number of rotatable bonds is 3. The fourth-order valence-electron chi connectivity index (χ4n) is 2.59. The summed E-state index contributed by atoms with van der Waals surface area (Å²) in [5, 5.41) is 2.80. The van der Waals surface area contributed by atoms with Crippen LogP contribution in [0.25, 0.3) is 0 Å². The first-order chi connectivity index (χ1) is 9.02. The Balaban J connectivity index is 2.14. The maximum atomic E-state index is 13.6. The van der Waals surface area contributed by atoms with Crippen molar-refractivity contribution in [2.75, 3.05) is 6.54 Å². The molecule has 2 atom stereocenters. The minimum absolute atomic E-state index is 0.0118. The molecule has 0 radical (unpaired) electrons. The van der Waals surface area contributed by atoms with Crippen molar-refractivity contribution in [2.45, 2.75) is 32.2 Å². The molecule has 1 aromatic carbocycles. The zero-order chi connectivity index (χ0) is 14.0. The summed E-state index contributed by atoms with van der Waals surface area (Å²) < 4.78 is 26.8. The van der Waals surface area contributed by atoms with Gasteiger partial charge in [0.25, 0.3) is 5.91 Å². The van der Waals surface area contributed by atoms with Crippen molar-refractivity contribution < 1.29 is 13.6 Å². The second kappa shape index (κ2) is 5.65. The normalized spacial score (nSPS) is 22.5. The molecular formula is C14H18F2N2O. The van der Waals surface area contributed by atoms with Gasteiger partial charge in [-0.1, -0.05) is 6.42 Å². The van der Waals surface area contributed by atoms with Crippen LogP contribution in [0, 0.1) is 24.5 Å². The molecule has 0 saturated heterocycles. The number of carbonyl (C=O) groups excluding carboxylic acids is 1. The monoisotopic (exact) mass is 268 g/mol. The van der Waals surface area contributed by atoms with E-state index in [1.54, 1.807) is 0 Å². The summed E-state index contributed by atoms with van der Waals surface area (Å²) >= 11 is 0. The van der Waals surface area contributed by atoms with E-state index in [1.807, 2.05) is 0 Å². The average Bonchev–Trinajstić information content (AvgIpc) is 2.80. The van der Waals surface area contributed by atoms with Crippen molar-refractivity contribution in [1.82, 2.24) is 5.32 Å². The first-order valence-corrected chi connectivity index (χ1v) is 6.49. The molecule has 1 aliphatic rings. The van der Waals surface area contributed by atoms with Gasteiger partial charge in [0.05, 0.1) is 5.56 Å². The Kier molecular flexibility index (Phi) is 4.14. The molecule has 1 aliphatic carbocycles. The standard InChI is InChI=1S/C14H18F2N2O/c1-8-5-10(12(16)6-11(8)15)14(19)18-13-4-2-3-9(13)7-17/h5-6,9,13H,2-4,7,17H2,1H3,(H,18,19). The molecule has 5 heteroatoms. The second-order valence-electron chi connectivity index (χ2n) is 5.09. The fraction of sp³-hybridized carbons (Fsp3) is 0.500. The number of halogens is 2. The molecule has 104 valence electrons. The van der Waals surface area contributed by atoms with E-state index < -0.39 is 17.5 Å². The molecule has 1 saturated carbocycles. The zero-order valence-corrected chi connectivity index (χ0v) is 10.9. The maximum absolute atomic E-state index is 13.6. The van der Waals surface area contributed by atoms with E-state index >= 15 is 0 Å². The van der Waals surface area contributed by atoms with E-state index in [1.165, 1.54) is 13.0 Å². The highest BCUT2D eigenvalue weighted by molar-refractivity contribution is 5.94. The van der Waals surface area contributed by atoms with Gasteiger partial charge >= 0.3 is 0 Å². The Labute approximate surface area is 111 Å². The van der Waals surface area contributed by atoms with Crippen LogP contribution in [0.2, 0.25) is 0 Å². The highest BCUT2D eigenvalue weighted by Crippen LogP contribution is 2.25. The van der Waals surface area contributed by atoms with E-state index in [9.17, 15) is 13.6 Å². The van der Waals surface area contributed by atoms with Gasteiger partial charge in [-0.2, -0.15) is 0 Å². The minimum Gasteiger partial charge on any atom is -0.349 e. The summed E-state index contributed by atoms with van der Waals surface area (Å²) in [5.41, 5.74) is 5.79. The van der Waals surface area contributed by atoms with Crippen LogP contribution in [0.1, 0.15) is 35.2 Å². The van der Waals surface area contributed by atoms with E-state index in [2.05, 4.69) is 5.32 Å². The van der Waals surface area contributed by atoms with Gasteiger partial charge in [-0.25, -0.2) is 8.78 Å². The van der Waals surface area contributed by atoms with Gasteiger partial charge in [-0.15, -0.1) is 0 Å². The predicted molar refractivity (Wildman–Crippen MR) is 68.7 cm³/mol. The number of carbonyl (C=O) groups is 1. The Bertz CT molecular complexity index is 491. The topological polar surface area (TPSA) is 55.1 Å². The highest BCUT2D eigenvalue weighted by Gasteiger charge is 2.28. The number of benzene rings is 1. The Hall–Kier alpha value is -1.49. The molecule has 0 aliphatic heterocycles. The lowest BCUT2D eigenvalue weighted by molar-refractivity contribution is 0.0924. The smallest absolute Gasteiger partial charge is 0.254 e. The number of amides is 1. The molecule has 2 rings (SSSR count). The number of hydrogen-bond acceptors (Lipinski definition) is 2. The molecule has 1 fully saturated rings. The van der Waals surface area contributed by atoms with Gasteiger partial charge in [-0.05, 0) is 43.9 Å². The lowest BCUT2D eigenvalue weighted by Gasteiger charge is -2.19. The van der Waals surface area contributed by atoms with E-state index in [-0.39, 0.29) is 23.1 Å². The summed E-state index contributed by atoms with van der Waals surface area (Å²) in [6, 6.07) is 1.98. The summed E-state index contributed by atoms with van der Waals surface area (Å²) in [7, 11) is 0. The van der Waals surface area contributed by atoms with Crippen molar-refractivity contribution in [1.29, 1.82) is 0 Å². The van der Waals surface area contributed by atoms with Crippen molar-refractivity contribution in [3.8, 4) is 0 Å². The molecule has 3 nitrogen and oxygen atoms in total. The van der Waals surface area contributed by atoms with Gasteiger partial charge < -0.3 is 11.1 Å². The Morgan fingerprint density at radius 2 is 2.11 bits per heavy atom. The van der Waals surface area contributed by atoms with Crippen molar-refractivity contribution in [2.24, 2.45) is 11.7 Å². The minimum atomic E-state index is -0.831. The van der Waals surface area contributed by atoms with Gasteiger partial charge in [0.15, 0.2) is 0 Å². The van der Waals surface area contributed by atoms with Crippen LogP contribution < -0.4 is 11.1 Å². The van der Waals surface area contributed by atoms with Gasteiger partial charge in [0, 0.05) is 12.1 Å². The Morgan fingerprint density at radius 3 is 2.79 bits per heavy atom. The number of nitrogens with one attached hydrogen (secondary N) is 1. The molecule has 0 aromatic heterocycles. The van der Waals surface area contributed by atoms with Crippen molar-refractivity contribution in [3.05, 3.63) is 34.9 Å². The highest BCUT2D eigenvalue weighted by atomic mass is 19.1. The van der Waals surface area contributed by atoms with Gasteiger partial charge in [0.2, 0.25) is 0 Å². The van der Waals surface area contributed by atoms with Crippen LogP contribution in [-0.2, 0) is 0 Å². The number of hydrogen-bond donors (Lipinski definition) is 2. The third-order valence-electron chi connectivity index (χ3n) is 3.77. The average molecular weight is 268 g/mol.